The number of carbonyl (C=O) groups is 3. The molecule has 0 radical (unpaired) electrons. The predicted molar refractivity (Wildman–Crippen MR) is 102 cm³/mol. The van der Waals surface area contributed by atoms with Crippen LogP contribution in [-0.2, 0) is 14.3 Å². The predicted octanol–water partition coefficient (Wildman–Crippen LogP) is 3.21. The Hall–Kier alpha value is -3.22. The van der Waals surface area contributed by atoms with Gasteiger partial charge in [0.25, 0.3) is 5.91 Å². The summed E-state index contributed by atoms with van der Waals surface area (Å²) in [6.45, 7) is 0. The van der Waals surface area contributed by atoms with Crippen LogP contribution in [0, 0.1) is 29.5 Å². The number of halogens is 1. The Morgan fingerprint density at radius 2 is 1.79 bits per heavy atom. The normalized spacial score (nSPS) is 28.9. The average Bonchev–Trinajstić information content (AvgIpc) is 3.32. The van der Waals surface area contributed by atoms with Crippen LogP contribution >= 0.6 is 0 Å². The molecule has 7 heteroatoms. The molecule has 2 bridgehead atoms. The first kappa shape index (κ1) is 17.8. The summed E-state index contributed by atoms with van der Waals surface area (Å²) in [6.07, 6.45) is 1.60. The molecule has 0 unspecified atom stereocenters. The van der Waals surface area contributed by atoms with E-state index in [4.69, 9.17) is 4.74 Å². The van der Waals surface area contributed by atoms with Crippen LogP contribution in [0.3, 0.4) is 0 Å². The lowest BCUT2D eigenvalue weighted by Gasteiger charge is -2.23. The Kier molecular flexibility index (Phi) is 4.12. The first-order valence-corrected chi connectivity index (χ1v) is 9.68. The van der Waals surface area contributed by atoms with Crippen LogP contribution in [0.2, 0.25) is 0 Å². The maximum absolute atomic E-state index is 13.0. The fourth-order valence-corrected chi connectivity index (χ4v) is 5.06. The van der Waals surface area contributed by atoms with Gasteiger partial charge in [-0.2, -0.15) is 0 Å². The third kappa shape index (κ3) is 3.06. The van der Waals surface area contributed by atoms with Gasteiger partial charge in [0.2, 0.25) is 5.91 Å². The van der Waals surface area contributed by atoms with Crippen molar-refractivity contribution in [3.63, 3.8) is 0 Å². The lowest BCUT2D eigenvalue weighted by Crippen LogP contribution is -2.35. The van der Waals surface area contributed by atoms with E-state index < -0.39 is 0 Å². The fourth-order valence-electron chi connectivity index (χ4n) is 5.06. The maximum Gasteiger partial charge on any atom is 0.310 e. The quantitative estimate of drug-likeness (QED) is 0.780. The molecule has 1 heterocycles. The van der Waals surface area contributed by atoms with Gasteiger partial charge in [-0.1, -0.05) is 6.07 Å². The minimum Gasteiger partial charge on any atom is -0.462 e. The number of anilines is 2. The largest absolute Gasteiger partial charge is 0.462 e. The number of hydrogen-bond donors (Lipinski definition) is 2. The second kappa shape index (κ2) is 6.69. The first-order chi connectivity index (χ1) is 14.0. The van der Waals surface area contributed by atoms with E-state index >= 15 is 0 Å². The number of esters is 1. The minimum absolute atomic E-state index is 0.0139. The third-order valence-electron chi connectivity index (χ3n) is 6.28. The summed E-state index contributed by atoms with van der Waals surface area (Å²) in [5, 5.41) is 5.55. The van der Waals surface area contributed by atoms with E-state index in [1.807, 2.05) is 0 Å². The van der Waals surface area contributed by atoms with E-state index in [9.17, 15) is 18.8 Å². The maximum atomic E-state index is 13.0. The van der Waals surface area contributed by atoms with Gasteiger partial charge in [0.1, 0.15) is 11.9 Å². The molecule has 1 aliphatic heterocycles. The standard InChI is InChI=1S/C22H19FN2O4/c23-13-4-6-14(7-5-13)24-20(26)11-2-1-3-15(8-11)25-21(27)18-12-9-16-17(10-12)29-22(28)19(16)18/h1-8,12,16-19H,9-10H2,(H,24,26)(H,25,27)/t12-,16-,17+,18-,19-/m0/s1. The molecule has 2 amide bonds. The Morgan fingerprint density at radius 3 is 2.59 bits per heavy atom. The molecule has 2 aromatic rings. The molecular weight excluding hydrogens is 375 g/mol. The summed E-state index contributed by atoms with van der Waals surface area (Å²) in [7, 11) is 0. The molecule has 148 valence electrons. The second-order valence-corrected chi connectivity index (χ2v) is 7.95. The van der Waals surface area contributed by atoms with Crippen molar-refractivity contribution in [2.75, 3.05) is 10.6 Å². The zero-order valence-electron chi connectivity index (χ0n) is 15.4. The van der Waals surface area contributed by atoms with Gasteiger partial charge in [0, 0.05) is 22.9 Å². The van der Waals surface area contributed by atoms with E-state index in [1.54, 1.807) is 24.3 Å². The van der Waals surface area contributed by atoms with Gasteiger partial charge in [0.05, 0.1) is 11.8 Å². The highest BCUT2D eigenvalue weighted by atomic mass is 19.1. The lowest BCUT2D eigenvalue weighted by molar-refractivity contribution is -0.145. The van der Waals surface area contributed by atoms with Crippen molar-refractivity contribution in [1.29, 1.82) is 0 Å². The van der Waals surface area contributed by atoms with Crippen molar-refractivity contribution < 1.29 is 23.5 Å². The van der Waals surface area contributed by atoms with Gasteiger partial charge in [-0.3, -0.25) is 14.4 Å². The van der Waals surface area contributed by atoms with Crippen LogP contribution in [-0.4, -0.2) is 23.9 Å². The second-order valence-electron chi connectivity index (χ2n) is 7.95. The molecule has 3 aliphatic rings. The molecule has 29 heavy (non-hydrogen) atoms. The summed E-state index contributed by atoms with van der Waals surface area (Å²) < 4.78 is 18.4. The molecule has 0 aromatic heterocycles. The van der Waals surface area contributed by atoms with Crippen molar-refractivity contribution in [2.24, 2.45) is 23.7 Å². The number of nitrogens with one attached hydrogen (secondary N) is 2. The van der Waals surface area contributed by atoms with Gasteiger partial charge in [-0.25, -0.2) is 4.39 Å². The Morgan fingerprint density at radius 1 is 1.00 bits per heavy atom. The molecule has 2 saturated carbocycles. The van der Waals surface area contributed by atoms with E-state index in [1.165, 1.54) is 24.3 Å². The zero-order chi connectivity index (χ0) is 20.1. The van der Waals surface area contributed by atoms with Crippen molar-refractivity contribution >= 4 is 29.2 Å². The number of amides is 2. The zero-order valence-corrected chi connectivity index (χ0v) is 15.4. The number of fused-ring (bicyclic) bond motifs is 1. The van der Waals surface area contributed by atoms with Crippen LogP contribution < -0.4 is 10.6 Å². The molecule has 2 N–H and O–H groups in total. The highest BCUT2D eigenvalue weighted by molar-refractivity contribution is 6.05. The Labute approximate surface area is 166 Å². The SMILES string of the molecule is O=C(Nc1ccc(F)cc1)c1cccc(NC(=O)[C@H]2[C@H]3C[C@@H]4[C@@H]2C(=O)O[C@@H]4C3)c1. The Balaban J connectivity index is 1.29. The average molecular weight is 394 g/mol. The number of ether oxygens (including phenoxy) is 1. The van der Waals surface area contributed by atoms with Crippen molar-refractivity contribution in [2.45, 2.75) is 18.9 Å². The molecule has 3 fully saturated rings. The summed E-state index contributed by atoms with van der Waals surface area (Å²) in [4.78, 5) is 37.5. The fraction of sp³-hybridized carbons (Fsp3) is 0.318. The number of benzene rings is 2. The summed E-state index contributed by atoms with van der Waals surface area (Å²) in [6, 6.07) is 12.1. The summed E-state index contributed by atoms with van der Waals surface area (Å²) >= 11 is 0. The van der Waals surface area contributed by atoms with Gasteiger partial charge < -0.3 is 15.4 Å². The molecule has 5 atom stereocenters. The van der Waals surface area contributed by atoms with Crippen molar-refractivity contribution in [3.05, 3.63) is 59.9 Å². The molecule has 2 aliphatic carbocycles. The van der Waals surface area contributed by atoms with Crippen LogP contribution in [0.15, 0.2) is 48.5 Å². The van der Waals surface area contributed by atoms with Crippen molar-refractivity contribution in [3.8, 4) is 0 Å². The Bertz CT molecular complexity index is 1000. The van der Waals surface area contributed by atoms with Gasteiger partial charge in [0.15, 0.2) is 0 Å². The molecular formula is C22H19FN2O4. The van der Waals surface area contributed by atoms with E-state index in [-0.39, 0.29) is 53.4 Å². The summed E-state index contributed by atoms with van der Waals surface area (Å²) in [5.74, 6) is -1.58. The van der Waals surface area contributed by atoms with Gasteiger partial charge >= 0.3 is 5.97 Å². The third-order valence-corrected chi connectivity index (χ3v) is 6.28. The van der Waals surface area contributed by atoms with Gasteiger partial charge in [-0.05, 0) is 61.2 Å². The molecule has 6 nitrogen and oxygen atoms in total. The van der Waals surface area contributed by atoms with Crippen LogP contribution in [0.4, 0.5) is 15.8 Å². The molecule has 5 rings (SSSR count). The number of rotatable bonds is 4. The molecule has 2 aromatic carbocycles. The van der Waals surface area contributed by atoms with E-state index in [2.05, 4.69) is 10.6 Å². The molecule has 1 saturated heterocycles. The first-order valence-electron chi connectivity index (χ1n) is 9.68. The lowest BCUT2D eigenvalue weighted by atomic mass is 9.79. The highest BCUT2D eigenvalue weighted by Crippen LogP contribution is 2.57. The minimum atomic E-state index is -0.384. The van der Waals surface area contributed by atoms with Crippen LogP contribution in [0.1, 0.15) is 23.2 Å². The van der Waals surface area contributed by atoms with E-state index in [0.29, 0.717) is 16.9 Å². The topological polar surface area (TPSA) is 84.5 Å². The van der Waals surface area contributed by atoms with Crippen LogP contribution in [0.5, 0.6) is 0 Å². The smallest absolute Gasteiger partial charge is 0.310 e. The van der Waals surface area contributed by atoms with Gasteiger partial charge in [-0.15, -0.1) is 0 Å². The highest BCUT2D eigenvalue weighted by Gasteiger charge is 2.63. The monoisotopic (exact) mass is 394 g/mol. The molecule has 0 spiro atoms. The van der Waals surface area contributed by atoms with Crippen molar-refractivity contribution in [1.82, 2.24) is 0 Å². The van der Waals surface area contributed by atoms with E-state index in [0.717, 1.165) is 12.8 Å². The number of hydrogen-bond acceptors (Lipinski definition) is 4. The summed E-state index contributed by atoms with van der Waals surface area (Å²) in [5.41, 5.74) is 1.33. The van der Waals surface area contributed by atoms with Crippen LogP contribution in [0.25, 0.3) is 0 Å². The number of carbonyl (C=O) groups excluding carboxylic acids is 3.